The van der Waals surface area contributed by atoms with E-state index in [1.54, 1.807) is 16.3 Å². The summed E-state index contributed by atoms with van der Waals surface area (Å²) in [5, 5.41) is 11.6. The van der Waals surface area contributed by atoms with Gasteiger partial charge in [0, 0.05) is 24.4 Å². The topological polar surface area (TPSA) is 53.4 Å². The molecule has 1 aromatic heterocycles. The molecule has 4 nitrogen and oxygen atoms in total. The van der Waals surface area contributed by atoms with Gasteiger partial charge in [0.1, 0.15) is 11.5 Å². The van der Waals surface area contributed by atoms with Gasteiger partial charge < -0.3 is 10.0 Å². The van der Waals surface area contributed by atoms with Crippen molar-refractivity contribution < 1.29 is 14.3 Å². The van der Waals surface area contributed by atoms with Crippen LogP contribution >= 0.6 is 11.3 Å². The van der Waals surface area contributed by atoms with Gasteiger partial charge in [0.2, 0.25) is 0 Å². The molecule has 0 unspecified atom stereocenters. The maximum atomic E-state index is 13.2. The standard InChI is InChI=1S/C16H17FN2O2S/c17-12-3-1-2-11(8-12)9-15-18-14(10-22-15)16(21)19(6-7-20)13-4-5-13/h1-3,8,10,13,20H,4-7,9H2. The molecule has 1 aromatic carbocycles. The molecule has 1 fully saturated rings. The Labute approximate surface area is 132 Å². The van der Waals surface area contributed by atoms with Gasteiger partial charge in [0.25, 0.3) is 5.91 Å². The molecule has 0 saturated heterocycles. The molecule has 0 atom stereocenters. The van der Waals surface area contributed by atoms with E-state index in [-0.39, 0.29) is 24.4 Å². The van der Waals surface area contributed by atoms with Crippen LogP contribution in [0.25, 0.3) is 0 Å². The SMILES string of the molecule is O=C(c1csc(Cc2cccc(F)c2)n1)N(CCO)C1CC1. The molecule has 1 amide bonds. The highest BCUT2D eigenvalue weighted by atomic mass is 32.1. The summed E-state index contributed by atoms with van der Waals surface area (Å²) in [6.07, 6.45) is 2.50. The van der Waals surface area contributed by atoms with Crippen molar-refractivity contribution in [3.63, 3.8) is 0 Å². The lowest BCUT2D eigenvalue weighted by atomic mass is 10.1. The van der Waals surface area contributed by atoms with Crippen LogP contribution in [0.5, 0.6) is 0 Å². The quantitative estimate of drug-likeness (QED) is 0.889. The summed E-state index contributed by atoms with van der Waals surface area (Å²) < 4.78 is 13.2. The van der Waals surface area contributed by atoms with Gasteiger partial charge in [0.15, 0.2) is 0 Å². The number of benzene rings is 1. The van der Waals surface area contributed by atoms with Gasteiger partial charge in [-0.1, -0.05) is 12.1 Å². The highest BCUT2D eigenvalue weighted by Crippen LogP contribution is 2.28. The zero-order valence-corrected chi connectivity index (χ0v) is 12.9. The van der Waals surface area contributed by atoms with Gasteiger partial charge in [-0.2, -0.15) is 0 Å². The third kappa shape index (κ3) is 3.51. The third-order valence-corrected chi connectivity index (χ3v) is 4.45. The third-order valence-electron chi connectivity index (χ3n) is 3.60. The zero-order chi connectivity index (χ0) is 15.5. The maximum Gasteiger partial charge on any atom is 0.273 e. The number of carbonyl (C=O) groups excluding carboxylic acids is 1. The molecule has 0 aliphatic heterocycles. The van der Waals surface area contributed by atoms with Crippen LogP contribution in [0.4, 0.5) is 4.39 Å². The van der Waals surface area contributed by atoms with E-state index in [4.69, 9.17) is 5.11 Å². The largest absolute Gasteiger partial charge is 0.395 e. The van der Waals surface area contributed by atoms with E-state index in [1.807, 2.05) is 6.07 Å². The molecule has 3 rings (SSSR count). The predicted octanol–water partition coefficient (Wildman–Crippen LogP) is 2.47. The van der Waals surface area contributed by atoms with E-state index < -0.39 is 0 Å². The van der Waals surface area contributed by atoms with Crippen LogP contribution in [0.2, 0.25) is 0 Å². The number of aromatic nitrogens is 1. The second-order valence-electron chi connectivity index (χ2n) is 5.39. The van der Waals surface area contributed by atoms with Crippen molar-refractivity contribution in [2.45, 2.75) is 25.3 Å². The minimum absolute atomic E-state index is 0.0392. The second kappa shape index (κ2) is 6.54. The first-order valence-electron chi connectivity index (χ1n) is 7.28. The van der Waals surface area contributed by atoms with Crippen molar-refractivity contribution in [3.8, 4) is 0 Å². The molecule has 0 bridgehead atoms. The van der Waals surface area contributed by atoms with Crippen LogP contribution < -0.4 is 0 Å². The lowest BCUT2D eigenvalue weighted by Crippen LogP contribution is -2.35. The Morgan fingerprint density at radius 2 is 2.27 bits per heavy atom. The van der Waals surface area contributed by atoms with Crippen molar-refractivity contribution in [1.29, 1.82) is 0 Å². The molecule has 1 saturated carbocycles. The molecule has 6 heteroatoms. The van der Waals surface area contributed by atoms with Crippen LogP contribution in [-0.4, -0.2) is 40.1 Å². The smallest absolute Gasteiger partial charge is 0.273 e. The van der Waals surface area contributed by atoms with E-state index in [0.717, 1.165) is 23.4 Å². The fourth-order valence-corrected chi connectivity index (χ4v) is 3.21. The first-order valence-corrected chi connectivity index (χ1v) is 8.16. The van der Waals surface area contributed by atoms with Crippen LogP contribution in [0, 0.1) is 5.82 Å². The molecule has 1 heterocycles. The first kappa shape index (κ1) is 15.1. The van der Waals surface area contributed by atoms with Gasteiger partial charge in [-0.25, -0.2) is 9.37 Å². The summed E-state index contributed by atoms with van der Waals surface area (Å²) in [5.74, 6) is -0.397. The van der Waals surface area contributed by atoms with E-state index in [0.29, 0.717) is 18.7 Å². The number of aliphatic hydroxyl groups is 1. The van der Waals surface area contributed by atoms with Gasteiger partial charge in [-0.15, -0.1) is 11.3 Å². The van der Waals surface area contributed by atoms with Crippen molar-refractivity contribution in [2.75, 3.05) is 13.2 Å². The van der Waals surface area contributed by atoms with Gasteiger partial charge >= 0.3 is 0 Å². The van der Waals surface area contributed by atoms with E-state index >= 15 is 0 Å². The summed E-state index contributed by atoms with van der Waals surface area (Å²) in [5.41, 5.74) is 1.25. The molecule has 1 aliphatic rings. The Hall–Kier alpha value is -1.79. The molecule has 1 N–H and O–H groups in total. The summed E-state index contributed by atoms with van der Waals surface area (Å²) in [6.45, 7) is 0.308. The number of halogens is 1. The number of nitrogens with zero attached hydrogens (tertiary/aromatic N) is 2. The fraction of sp³-hybridized carbons (Fsp3) is 0.375. The molecule has 22 heavy (non-hydrogen) atoms. The Bertz CT molecular complexity index is 670. The van der Waals surface area contributed by atoms with Crippen molar-refractivity contribution >= 4 is 17.2 Å². The average Bonchev–Trinajstić information content (AvgIpc) is 3.23. The lowest BCUT2D eigenvalue weighted by Gasteiger charge is -2.19. The van der Waals surface area contributed by atoms with E-state index in [1.165, 1.54) is 23.5 Å². The van der Waals surface area contributed by atoms with Crippen molar-refractivity contribution in [1.82, 2.24) is 9.88 Å². The van der Waals surface area contributed by atoms with Crippen LogP contribution in [0.15, 0.2) is 29.6 Å². The molecule has 0 spiro atoms. The summed E-state index contributed by atoms with van der Waals surface area (Å²) >= 11 is 1.40. The number of carbonyl (C=O) groups is 1. The van der Waals surface area contributed by atoms with Gasteiger partial charge in [-0.05, 0) is 30.5 Å². The molecule has 116 valence electrons. The second-order valence-corrected chi connectivity index (χ2v) is 6.33. The molecule has 0 radical (unpaired) electrons. The van der Waals surface area contributed by atoms with E-state index in [9.17, 15) is 9.18 Å². The highest BCUT2D eigenvalue weighted by molar-refractivity contribution is 7.09. The first-order chi connectivity index (χ1) is 10.7. The number of hydrogen-bond acceptors (Lipinski definition) is 4. The Morgan fingerprint density at radius 1 is 1.45 bits per heavy atom. The van der Waals surface area contributed by atoms with Crippen LogP contribution in [0.1, 0.15) is 33.9 Å². The predicted molar refractivity (Wildman–Crippen MR) is 82.5 cm³/mol. The summed E-state index contributed by atoms with van der Waals surface area (Å²) in [7, 11) is 0. The Kier molecular flexibility index (Phi) is 4.49. The molecular formula is C16H17FN2O2S. The number of rotatable bonds is 6. The molecular weight excluding hydrogens is 303 g/mol. The number of amides is 1. The molecule has 1 aliphatic carbocycles. The molecule has 2 aromatic rings. The number of hydrogen-bond donors (Lipinski definition) is 1. The van der Waals surface area contributed by atoms with Crippen LogP contribution in [0.3, 0.4) is 0 Å². The minimum Gasteiger partial charge on any atom is -0.395 e. The van der Waals surface area contributed by atoms with Crippen LogP contribution in [-0.2, 0) is 6.42 Å². The lowest BCUT2D eigenvalue weighted by molar-refractivity contribution is 0.0702. The normalized spacial score (nSPS) is 14.1. The average molecular weight is 320 g/mol. The number of aliphatic hydroxyl groups excluding tert-OH is 1. The Morgan fingerprint density at radius 3 is 2.95 bits per heavy atom. The summed E-state index contributed by atoms with van der Waals surface area (Å²) in [6, 6.07) is 6.63. The highest BCUT2D eigenvalue weighted by Gasteiger charge is 2.33. The van der Waals surface area contributed by atoms with Crippen molar-refractivity contribution in [3.05, 3.63) is 51.7 Å². The maximum absolute atomic E-state index is 13.2. The Balaban J connectivity index is 1.71. The minimum atomic E-state index is -0.270. The van der Waals surface area contributed by atoms with Gasteiger partial charge in [-0.3, -0.25) is 4.79 Å². The van der Waals surface area contributed by atoms with E-state index in [2.05, 4.69) is 4.98 Å². The monoisotopic (exact) mass is 320 g/mol. The van der Waals surface area contributed by atoms with Crippen molar-refractivity contribution in [2.24, 2.45) is 0 Å². The zero-order valence-electron chi connectivity index (χ0n) is 12.0. The van der Waals surface area contributed by atoms with Gasteiger partial charge in [0.05, 0.1) is 11.6 Å². The number of thiazole rings is 1. The fourth-order valence-electron chi connectivity index (χ4n) is 2.40. The summed E-state index contributed by atoms with van der Waals surface area (Å²) in [4.78, 5) is 18.5.